The summed E-state index contributed by atoms with van der Waals surface area (Å²) in [5, 5.41) is 0. The first-order chi connectivity index (χ1) is 9.40. The SMILES string of the molecule is CCCCC(CC(F)(F)C(F)(F)C(F)(F)F)C(=O)OCC. The van der Waals surface area contributed by atoms with Gasteiger partial charge in [0.05, 0.1) is 12.5 Å². The van der Waals surface area contributed by atoms with Gasteiger partial charge in [-0.15, -0.1) is 0 Å². The number of carbonyl (C=O) groups is 1. The predicted octanol–water partition coefficient (Wildman–Crippen LogP) is 4.58. The molecule has 0 aromatic heterocycles. The summed E-state index contributed by atoms with van der Waals surface area (Å²) in [7, 11) is 0. The molecule has 0 aliphatic heterocycles. The Morgan fingerprint density at radius 2 is 1.57 bits per heavy atom. The van der Waals surface area contributed by atoms with Crippen LogP contribution in [-0.2, 0) is 9.53 Å². The number of halogens is 7. The highest BCUT2D eigenvalue weighted by molar-refractivity contribution is 5.72. The Hall–Kier alpha value is -1.02. The summed E-state index contributed by atoms with van der Waals surface area (Å²) in [6, 6.07) is 0. The standard InChI is InChI=1S/C12H17F7O2/c1-3-5-6-8(9(20)21-4-2)7-10(13,14)11(15,16)12(17,18)19/h8H,3-7H2,1-2H3. The van der Waals surface area contributed by atoms with Crippen molar-refractivity contribution in [3.63, 3.8) is 0 Å². The lowest BCUT2D eigenvalue weighted by molar-refractivity contribution is -0.357. The molecule has 0 bridgehead atoms. The molecule has 0 saturated heterocycles. The Kier molecular flexibility index (Phi) is 6.95. The highest BCUT2D eigenvalue weighted by Gasteiger charge is 2.73. The van der Waals surface area contributed by atoms with Gasteiger partial charge in [-0.05, 0) is 13.3 Å². The van der Waals surface area contributed by atoms with Gasteiger partial charge in [-0.2, -0.15) is 30.7 Å². The van der Waals surface area contributed by atoms with Gasteiger partial charge in [-0.1, -0.05) is 19.8 Å². The van der Waals surface area contributed by atoms with Crippen molar-refractivity contribution in [3.05, 3.63) is 0 Å². The van der Waals surface area contributed by atoms with Crippen molar-refractivity contribution >= 4 is 5.97 Å². The van der Waals surface area contributed by atoms with Crippen LogP contribution in [0.15, 0.2) is 0 Å². The van der Waals surface area contributed by atoms with E-state index < -0.39 is 36.3 Å². The largest absolute Gasteiger partial charge is 0.466 e. The van der Waals surface area contributed by atoms with E-state index in [0.29, 0.717) is 6.42 Å². The topological polar surface area (TPSA) is 26.3 Å². The van der Waals surface area contributed by atoms with Crippen LogP contribution in [0.4, 0.5) is 30.7 Å². The number of carbonyl (C=O) groups excluding carboxylic acids is 1. The van der Waals surface area contributed by atoms with Crippen molar-refractivity contribution in [3.8, 4) is 0 Å². The Balaban J connectivity index is 5.16. The van der Waals surface area contributed by atoms with Crippen LogP contribution < -0.4 is 0 Å². The summed E-state index contributed by atoms with van der Waals surface area (Å²) in [5.41, 5.74) is 0. The third kappa shape index (κ3) is 5.03. The van der Waals surface area contributed by atoms with Gasteiger partial charge >= 0.3 is 24.0 Å². The minimum absolute atomic E-state index is 0.178. The first-order valence-corrected chi connectivity index (χ1v) is 6.39. The maximum absolute atomic E-state index is 13.3. The molecule has 0 amide bonds. The zero-order valence-corrected chi connectivity index (χ0v) is 11.6. The minimum atomic E-state index is -6.39. The molecule has 0 rings (SSSR count). The van der Waals surface area contributed by atoms with Crippen LogP contribution in [-0.4, -0.2) is 30.6 Å². The summed E-state index contributed by atoms with van der Waals surface area (Å²) in [5.74, 6) is -14.5. The Morgan fingerprint density at radius 3 is 1.95 bits per heavy atom. The molecule has 0 aliphatic rings. The molecular weight excluding hydrogens is 309 g/mol. The quantitative estimate of drug-likeness (QED) is 0.482. The molecule has 1 unspecified atom stereocenters. The van der Waals surface area contributed by atoms with E-state index in [0.717, 1.165) is 0 Å². The van der Waals surface area contributed by atoms with Gasteiger partial charge in [0.2, 0.25) is 0 Å². The second-order valence-electron chi connectivity index (χ2n) is 4.57. The van der Waals surface area contributed by atoms with E-state index in [9.17, 15) is 35.5 Å². The molecule has 21 heavy (non-hydrogen) atoms. The van der Waals surface area contributed by atoms with Crippen LogP contribution in [0.5, 0.6) is 0 Å². The highest BCUT2D eigenvalue weighted by atomic mass is 19.4. The first-order valence-electron chi connectivity index (χ1n) is 6.39. The van der Waals surface area contributed by atoms with Crippen LogP contribution in [0.3, 0.4) is 0 Å². The molecule has 0 spiro atoms. The van der Waals surface area contributed by atoms with Gasteiger partial charge in [0.25, 0.3) is 0 Å². The fourth-order valence-corrected chi connectivity index (χ4v) is 1.66. The fourth-order valence-electron chi connectivity index (χ4n) is 1.66. The van der Waals surface area contributed by atoms with E-state index in [2.05, 4.69) is 4.74 Å². The monoisotopic (exact) mass is 326 g/mol. The molecule has 1 atom stereocenters. The average Bonchev–Trinajstić information content (AvgIpc) is 2.32. The van der Waals surface area contributed by atoms with Crippen molar-refractivity contribution in [2.75, 3.05) is 6.61 Å². The van der Waals surface area contributed by atoms with Gasteiger partial charge in [0.1, 0.15) is 0 Å². The summed E-state index contributed by atoms with van der Waals surface area (Å²) >= 11 is 0. The minimum Gasteiger partial charge on any atom is -0.466 e. The van der Waals surface area contributed by atoms with Crippen molar-refractivity contribution in [2.45, 2.75) is 57.6 Å². The van der Waals surface area contributed by atoms with Crippen LogP contribution in [0.1, 0.15) is 39.5 Å². The molecule has 126 valence electrons. The molecule has 0 radical (unpaired) electrons. The van der Waals surface area contributed by atoms with Crippen molar-refractivity contribution in [1.82, 2.24) is 0 Å². The number of rotatable bonds is 8. The number of unbranched alkanes of at least 4 members (excludes halogenated alkanes) is 1. The maximum Gasteiger partial charge on any atom is 0.459 e. The van der Waals surface area contributed by atoms with Crippen molar-refractivity contribution < 1.29 is 40.3 Å². The summed E-state index contributed by atoms with van der Waals surface area (Å²) in [4.78, 5) is 11.4. The first kappa shape index (κ1) is 20.0. The molecule has 0 saturated carbocycles. The number of esters is 1. The lowest BCUT2D eigenvalue weighted by Crippen LogP contribution is -2.53. The van der Waals surface area contributed by atoms with Gasteiger partial charge in [0.15, 0.2) is 0 Å². The lowest BCUT2D eigenvalue weighted by Gasteiger charge is -2.30. The molecular formula is C12H17F7O2. The number of ether oxygens (including phenoxy) is 1. The highest BCUT2D eigenvalue weighted by Crippen LogP contribution is 2.49. The van der Waals surface area contributed by atoms with E-state index in [-0.39, 0.29) is 19.4 Å². The van der Waals surface area contributed by atoms with E-state index >= 15 is 0 Å². The summed E-state index contributed by atoms with van der Waals surface area (Å²) in [6.45, 7) is 2.85. The van der Waals surface area contributed by atoms with Gasteiger partial charge in [-0.3, -0.25) is 4.79 Å². The molecule has 0 aliphatic carbocycles. The Bertz CT molecular complexity index is 339. The van der Waals surface area contributed by atoms with Crippen LogP contribution in [0.2, 0.25) is 0 Å². The number of hydrogen-bond donors (Lipinski definition) is 0. The maximum atomic E-state index is 13.3. The molecule has 9 heteroatoms. The fraction of sp³-hybridized carbons (Fsp3) is 0.917. The van der Waals surface area contributed by atoms with E-state index in [1.54, 1.807) is 6.92 Å². The summed E-state index contributed by atoms with van der Waals surface area (Å²) in [6.07, 6.45) is -7.83. The van der Waals surface area contributed by atoms with Gasteiger partial charge < -0.3 is 4.74 Å². The van der Waals surface area contributed by atoms with Crippen molar-refractivity contribution in [2.24, 2.45) is 5.92 Å². The lowest BCUT2D eigenvalue weighted by atomic mass is 9.92. The number of hydrogen-bond acceptors (Lipinski definition) is 2. The zero-order chi connectivity index (χ0) is 16.9. The molecule has 0 aromatic carbocycles. The molecule has 0 N–H and O–H groups in total. The average molecular weight is 326 g/mol. The normalized spacial score (nSPS) is 14.9. The third-order valence-electron chi connectivity index (χ3n) is 2.84. The zero-order valence-electron chi connectivity index (χ0n) is 11.6. The van der Waals surface area contributed by atoms with E-state index in [4.69, 9.17) is 0 Å². The van der Waals surface area contributed by atoms with Crippen molar-refractivity contribution in [1.29, 1.82) is 0 Å². The van der Waals surface area contributed by atoms with Crippen LogP contribution >= 0.6 is 0 Å². The molecule has 0 heterocycles. The van der Waals surface area contributed by atoms with E-state index in [1.807, 2.05) is 0 Å². The Morgan fingerprint density at radius 1 is 1.05 bits per heavy atom. The smallest absolute Gasteiger partial charge is 0.459 e. The second-order valence-corrected chi connectivity index (χ2v) is 4.57. The molecule has 2 nitrogen and oxygen atoms in total. The van der Waals surface area contributed by atoms with Gasteiger partial charge in [-0.25, -0.2) is 0 Å². The van der Waals surface area contributed by atoms with Crippen LogP contribution in [0, 0.1) is 5.92 Å². The van der Waals surface area contributed by atoms with Gasteiger partial charge in [0, 0.05) is 6.42 Å². The summed E-state index contributed by atoms with van der Waals surface area (Å²) < 4.78 is 92.8. The van der Waals surface area contributed by atoms with E-state index in [1.165, 1.54) is 6.92 Å². The Labute approximate surface area is 117 Å². The second kappa shape index (κ2) is 7.31. The number of alkyl halides is 7. The molecule has 0 fully saturated rings. The van der Waals surface area contributed by atoms with Crippen LogP contribution in [0.25, 0.3) is 0 Å². The molecule has 0 aromatic rings. The predicted molar refractivity (Wildman–Crippen MR) is 60.2 cm³/mol. The third-order valence-corrected chi connectivity index (χ3v) is 2.84.